The van der Waals surface area contributed by atoms with Crippen molar-refractivity contribution in [1.82, 2.24) is 4.90 Å². The molecule has 0 saturated carbocycles. The normalized spacial score (nSPS) is 27.7. The average Bonchev–Trinajstić information content (AvgIpc) is 2.74. The molecule has 0 spiro atoms. The Morgan fingerprint density at radius 2 is 1.71 bits per heavy atom. The van der Waals surface area contributed by atoms with Gasteiger partial charge in [0.2, 0.25) is 0 Å². The zero-order valence-electron chi connectivity index (χ0n) is 21.3. The van der Waals surface area contributed by atoms with Crippen molar-refractivity contribution in [2.75, 3.05) is 27.3 Å². The van der Waals surface area contributed by atoms with Gasteiger partial charge in [0.15, 0.2) is 11.5 Å². The summed E-state index contributed by atoms with van der Waals surface area (Å²) in [6.45, 7) is 9.18. The number of carbonyl (C=O) groups is 1. The van der Waals surface area contributed by atoms with Gasteiger partial charge in [-0.3, -0.25) is 4.79 Å². The van der Waals surface area contributed by atoms with Gasteiger partial charge in [-0.15, -0.1) is 0 Å². The minimum absolute atomic E-state index is 0.0888. The minimum atomic E-state index is -1.33. The van der Waals surface area contributed by atoms with Crippen LogP contribution in [0.4, 0.5) is 0 Å². The molecule has 2 aliphatic heterocycles. The van der Waals surface area contributed by atoms with E-state index in [0.29, 0.717) is 53.4 Å². The predicted octanol–water partition coefficient (Wildman–Crippen LogP) is -0.0719. The van der Waals surface area contributed by atoms with E-state index in [1.54, 1.807) is 0 Å². The Bertz CT molecular complexity index is 944. The van der Waals surface area contributed by atoms with Crippen molar-refractivity contribution < 1.29 is 19.0 Å². The number of carbonyl (C=O) groups excluding carboxylic acids is 1. The molecular weight excluding hydrogens is 424 g/mol. The Morgan fingerprint density at radius 1 is 1.12 bits per heavy atom. The van der Waals surface area contributed by atoms with Crippen LogP contribution in [-0.2, 0) is 21.4 Å². The fraction of sp³-hybridized carbons (Fsp3) is 0.708. The smallest absolute Gasteiger partial charge is 0.322 e. The summed E-state index contributed by atoms with van der Waals surface area (Å²) in [5.41, 5.74) is 5.91. The highest BCUT2D eigenvalue weighted by Gasteiger charge is 2.54. The number of rotatable bonds is 7. The molecule has 10 heteroatoms. The first-order chi connectivity index (χ1) is 15.8. The summed E-state index contributed by atoms with van der Waals surface area (Å²) < 4.78 is 17.0. The van der Waals surface area contributed by atoms with Gasteiger partial charge in [-0.25, -0.2) is 0 Å². The van der Waals surface area contributed by atoms with Crippen molar-refractivity contribution >= 4 is 48.3 Å². The monoisotopic (exact) mass is 458 g/mol. The second-order valence-electron chi connectivity index (χ2n) is 10.5. The summed E-state index contributed by atoms with van der Waals surface area (Å²) in [5.74, 6) is 0.313. The van der Waals surface area contributed by atoms with E-state index < -0.39 is 22.9 Å². The Labute approximate surface area is 209 Å². The van der Waals surface area contributed by atoms with Crippen LogP contribution in [0.25, 0.3) is 0 Å². The highest BCUT2D eigenvalue weighted by molar-refractivity contribution is 6.42. The lowest BCUT2D eigenvalue weighted by atomic mass is 9.50. The third kappa shape index (κ3) is 4.53. The molecule has 3 unspecified atom stereocenters. The van der Waals surface area contributed by atoms with Crippen LogP contribution in [0.3, 0.4) is 0 Å². The van der Waals surface area contributed by atoms with Crippen LogP contribution in [0, 0.1) is 17.8 Å². The summed E-state index contributed by atoms with van der Waals surface area (Å²) in [6, 6.07) is -0.782. The molecule has 0 amide bonds. The third-order valence-electron chi connectivity index (χ3n) is 7.34. The maximum Gasteiger partial charge on any atom is 0.322 e. The van der Waals surface area contributed by atoms with Gasteiger partial charge in [-0.2, -0.15) is 0 Å². The van der Waals surface area contributed by atoms with E-state index in [4.69, 9.17) is 51.3 Å². The summed E-state index contributed by atoms with van der Waals surface area (Å²) >= 11 is 0. The van der Waals surface area contributed by atoms with Crippen LogP contribution < -0.4 is 26.1 Å². The van der Waals surface area contributed by atoms with E-state index in [9.17, 15) is 4.79 Å². The standard InChI is InChI=1S/C24H34B4N2O4/c1-12(2)9-14-10-30-8-7-15-16(18(26)21(33-6)20(32-5)17(15)25)23(30,27)11-24(14,28)34-22(31)19(29)13(3)4/h12-14,19H,7-11,29H2,1-6H3/t14?,19-,23?,24?/m0/s1. The van der Waals surface area contributed by atoms with Gasteiger partial charge in [0.1, 0.15) is 37.4 Å². The number of nitrogens with zero attached hydrogens (tertiary/aromatic N) is 1. The lowest BCUT2D eigenvalue weighted by Gasteiger charge is -2.59. The van der Waals surface area contributed by atoms with E-state index in [1.165, 1.54) is 14.2 Å². The Hall–Kier alpha value is -1.53. The Balaban J connectivity index is 2.13. The molecular formula is C24H34B4N2O4. The molecule has 0 aliphatic carbocycles. The summed E-state index contributed by atoms with van der Waals surface area (Å²) in [4.78, 5) is 15.1. The molecule has 4 atom stereocenters. The number of nitrogens with two attached hydrogens (primary N) is 1. The first-order valence-electron chi connectivity index (χ1n) is 11.9. The lowest BCUT2D eigenvalue weighted by molar-refractivity contribution is -0.168. The molecule has 176 valence electrons. The second-order valence-corrected chi connectivity index (χ2v) is 10.5. The van der Waals surface area contributed by atoms with Crippen molar-refractivity contribution in [2.45, 2.75) is 63.9 Å². The van der Waals surface area contributed by atoms with Crippen molar-refractivity contribution in [1.29, 1.82) is 0 Å². The number of piperidine rings is 1. The van der Waals surface area contributed by atoms with Crippen molar-refractivity contribution in [3.05, 3.63) is 11.1 Å². The molecule has 1 saturated heterocycles. The van der Waals surface area contributed by atoms with Gasteiger partial charge < -0.3 is 24.8 Å². The van der Waals surface area contributed by atoms with Gasteiger partial charge in [0.25, 0.3) is 0 Å². The molecule has 34 heavy (non-hydrogen) atoms. The zero-order valence-corrected chi connectivity index (χ0v) is 21.3. The van der Waals surface area contributed by atoms with Crippen LogP contribution in [0.2, 0.25) is 0 Å². The van der Waals surface area contributed by atoms with Crippen molar-refractivity contribution in [3.63, 3.8) is 0 Å². The highest BCUT2D eigenvalue weighted by atomic mass is 16.6. The minimum Gasteiger partial charge on any atom is -0.494 e. The van der Waals surface area contributed by atoms with Crippen LogP contribution in [0.15, 0.2) is 0 Å². The van der Waals surface area contributed by atoms with Crippen LogP contribution >= 0.6 is 0 Å². The van der Waals surface area contributed by atoms with E-state index in [2.05, 4.69) is 18.7 Å². The molecule has 6 nitrogen and oxygen atoms in total. The first kappa shape index (κ1) is 27.1. The zero-order chi connectivity index (χ0) is 25.6. The maximum atomic E-state index is 12.9. The highest BCUT2D eigenvalue weighted by Crippen LogP contribution is 2.48. The fourth-order valence-electron chi connectivity index (χ4n) is 5.49. The van der Waals surface area contributed by atoms with E-state index in [0.717, 1.165) is 12.0 Å². The molecule has 2 aliphatic rings. The quantitative estimate of drug-likeness (QED) is 0.456. The fourth-order valence-corrected chi connectivity index (χ4v) is 5.49. The van der Waals surface area contributed by atoms with Crippen LogP contribution in [0.1, 0.15) is 51.7 Å². The van der Waals surface area contributed by atoms with Gasteiger partial charge in [0.05, 0.1) is 19.7 Å². The van der Waals surface area contributed by atoms with Crippen LogP contribution in [0.5, 0.6) is 11.5 Å². The van der Waals surface area contributed by atoms with Gasteiger partial charge >= 0.3 is 5.97 Å². The molecule has 1 aromatic carbocycles. The molecule has 3 rings (SSSR count). The van der Waals surface area contributed by atoms with Crippen LogP contribution in [-0.4, -0.2) is 81.1 Å². The SMILES string of the molecule is [B]c1c2c(c([B])c(OC)c1OC)C1([B])CC([B])(OC(=O)[C@@H](N)C(C)C)C(CC(C)C)CN1CC2. The van der Waals surface area contributed by atoms with E-state index in [1.807, 2.05) is 13.8 Å². The number of fused-ring (bicyclic) bond motifs is 3. The number of methoxy groups -OCH3 is 2. The van der Waals surface area contributed by atoms with E-state index in [-0.39, 0.29) is 18.3 Å². The first-order valence-corrected chi connectivity index (χ1v) is 11.9. The largest absolute Gasteiger partial charge is 0.494 e. The molecule has 2 heterocycles. The van der Waals surface area contributed by atoms with Gasteiger partial charge in [0, 0.05) is 24.4 Å². The average molecular weight is 458 g/mol. The lowest BCUT2D eigenvalue weighted by Crippen LogP contribution is -2.67. The topological polar surface area (TPSA) is 74.0 Å². The summed E-state index contributed by atoms with van der Waals surface area (Å²) in [7, 11) is 30.2. The summed E-state index contributed by atoms with van der Waals surface area (Å²) in [6.07, 6.45) is 1.55. The van der Waals surface area contributed by atoms with Gasteiger partial charge in [-0.1, -0.05) is 27.7 Å². The molecule has 1 fully saturated rings. The molecule has 0 aromatic heterocycles. The third-order valence-corrected chi connectivity index (χ3v) is 7.34. The number of hydrogen-bond acceptors (Lipinski definition) is 6. The summed E-state index contributed by atoms with van der Waals surface area (Å²) in [5, 5.41) is 0. The second kappa shape index (κ2) is 9.85. The Kier molecular flexibility index (Phi) is 7.84. The van der Waals surface area contributed by atoms with Crippen molar-refractivity contribution in [3.8, 4) is 11.5 Å². The predicted molar refractivity (Wildman–Crippen MR) is 138 cm³/mol. The van der Waals surface area contributed by atoms with Gasteiger partial charge in [-0.05, 0) is 53.2 Å². The van der Waals surface area contributed by atoms with E-state index >= 15 is 0 Å². The molecule has 2 N–H and O–H groups in total. The maximum absolute atomic E-state index is 12.9. The molecule has 0 bridgehead atoms. The Morgan fingerprint density at radius 3 is 2.24 bits per heavy atom. The van der Waals surface area contributed by atoms with Crippen molar-refractivity contribution in [2.24, 2.45) is 23.5 Å². The number of benzene rings is 1. The number of esters is 1. The number of hydrogen-bond donors (Lipinski definition) is 1. The number of ether oxygens (including phenoxy) is 3. The molecule has 1 aromatic rings. The molecule has 8 radical (unpaired) electrons.